The van der Waals surface area contributed by atoms with Gasteiger partial charge in [0.2, 0.25) is 0 Å². The second-order valence-electron chi connectivity index (χ2n) is 4.24. The highest BCUT2D eigenvalue weighted by Gasteiger charge is 2.07. The minimum Gasteiger partial charge on any atom is -0.487 e. The van der Waals surface area contributed by atoms with Crippen LogP contribution >= 0.6 is 23.2 Å². The third-order valence-corrected chi connectivity index (χ3v) is 3.25. The SMILES string of the molecule is O=C(O)/C=C/c1cccc(Cl)c1OCc1ccc(Cl)cc1. The minimum absolute atomic E-state index is 0.314. The molecule has 0 saturated carbocycles. The Balaban J connectivity index is 2.18. The summed E-state index contributed by atoms with van der Waals surface area (Å²) >= 11 is 11.9. The number of carboxylic acids is 1. The highest BCUT2D eigenvalue weighted by molar-refractivity contribution is 6.32. The van der Waals surface area contributed by atoms with Crippen molar-refractivity contribution >= 4 is 35.2 Å². The molecule has 0 fully saturated rings. The van der Waals surface area contributed by atoms with Crippen molar-refractivity contribution in [3.05, 3.63) is 69.7 Å². The fourth-order valence-corrected chi connectivity index (χ4v) is 2.07. The number of carboxylic acid groups (broad SMARTS) is 1. The number of rotatable bonds is 5. The number of ether oxygens (including phenoxy) is 1. The average molecular weight is 323 g/mol. The fourth-order valence-electron chi connectivity index (χ4n) is 1.71. The molecule has 0 heterocycles. The van der Waals surface area contributed by atoms with Gasteiger partial charge < -0.3 is 9.84 Å². The predicted octanol–water partition coefficient (Wildman–Crippen LogP) is 4.67. The van der Waals surface area contributed by atoms with E-state index in [4.69, 9.17) is 33.0 Å². The Morgan fingerprint density at radius 1 is 1.14 bits per heavy atom. The zero-order valence-electron chi connectivity index (χ0n) is 10.9. The van der Waals surface area contributed by atoms with E-state index in [1.54, 1.807) is 30.3 Å². The number of aliphatic carboxylic acids is 1. The van der Waals surface area contributed by atoms with E-state index in [2.05, 4.69) is 0 Å². The van der Waals surface area contributed by atoms with Gasteiger partial charge in [0, 0.05) is 16.7 Å². The van der Waals surface area contributed by atoms with Crippen molar-refractivity contribution < 1.29 is 14.6 Å². The van der Waals surface area contributed by atoms with Gasteiger partial charge in [-0.1, -0.05) is 47.5 Å². The molecule has 5 heteroatoms. The largest absolute Gasteiger partial charge is 0.487 e. The Morgan fingerprint density at radius 2 is 1.86 bits per heavy atom. The van der Waals surface area contributed by atoms with Crippen LogP contribution < -0.4 is 4.74 Å². The van der Waals surface area contributed by atoms with Crippen molar-refractivity contribution in [1.82, 2.24) is 0 Å². The summed E-state index contributed by atoms with van der Waals surface area (Å²) in [6.07, 6.45) is 2.49. The summed E-state index contributed by atoms with van der Waals surface area (Å²) in [6, 6.07) is 12.4. The molecule has 0 radical (unpaired) electrons. The second kappa shape index (κ2) is 7.16. The highest BCUT2D eigenvalue weighted by Crippen LogP contribution is 2.30. The lowest BCUT2D eigenvalue weighted by molar-refractivity contribution is -0.131. The van der Waals surface area contributed by atoms with Crippen LogP contribution in [0.5, 0.6) is 5.75 Å². The van der Waals surface area contributed by atoms with E-state index in [1.807, 2.05) is 12.1 Å². The highest BCUT2D eigenvalue weighted by atomic mass is 35.5. The van der Waals surface area contributed by atoms with Crippen LogP contribution in [0.15, 0.2) is 48.5 Å². The third kappa shape index (κ3) is 4.52. The molecule has 2 aromatic rings. The predicted molar refractivity (Wildman–Crippen MR) is 83.9 cm³/mol. The Kier molecular flexibility index (Phi) is 5.26. The molecule has 0 aliphatic rings. The van der Waals surface area contributed by atoms with Crippen molar-refractivity contribution in [3.8, 4) is 5.75 Å². The maximum Gasteiger partial charge on any atom is 0.328 e. The first kappa shape index (κ1) is 15.4. The van der Waals surface area contributed by atoms with E-state index >= 15 is 0 Å². The van der Waals surface area contributed by atoms with Crippen LogP contribution in [0, 0.1) is 0 Å². The molecule has 0 aromatic heterocycles. The van der Waals surface area contributed by atoms with Gasteiger partial charge >= 0.3 is 5.97 Å². The molecule has 0 saturated heterocycles. The van der Waals surface area contributed by atoms with Crippen molar-refractivity contribution in [1.29, 1.82) is 0 Å². The molecule has 0 spiro atoms. The lowest BCUT2D eigenvalue weighted by atomic mass is 10.2. The minimum atomic E-state index is -1.03. The third-order valence-electron chi connectivity index (χ3n) is 2.70. The normalized spacial score (nSPS) is 10.8. The van der Waals surface area contributed by atoms with Gasteiger partial charge in [-0.25, -0.2) is 4.79 Å². The van der Waals surface area contributed by atoms with E-state index in [0.717, 1.165) is 11.6 Å². The summed E-state index contributed by atoms with van der Waals surface area (Å²) in [6.45, 7) is 0.314. The molecule has 0 atom stereocenters. The topological polar surface area (TPSA) is 46.5 Å². The maximum absolute atomic E-state index is 10.6. The van der Waals surface area contributed by atoms with Gasteiger partial charge in [-0.2, -0.15) is 0 Å². The van der Waals surface area contributed by atoms with Crippen LogP contribution in [0.3, 0.4) is 0 Å². The second-order valence-corrected chi connectivity index (χ2v) is 5.09. The number of benzene rings is 2. The van der Waals surface area contributed by atoms with Gasteiger partial charge in [0.1, 0.15) is 12.4 Å². The molecule has 21 heavy (non-hydrogen) atoms. The summed E-state index contributed by atoms with van der Waals surface area (Å²) in [5.74, 6) is -0.578. The maximum atomic E-state index is 10.6. The Morgan fingerprint density at radius 3 is 2.52 bits per heavy atom. The van der Waals surface area contributed by atoms with Gasteiger partial charge in [-0.05, 0) is 29.8 Å². The quantitative estimate of drug-likeness (QED) is 0.813. The Labute approximate surface area is 132 Å². The molecule has 0 unspecified atom stereocenters. The van der Waals surface area contributed by atoms with E-state index in [0.29, 0.717) is 28.0 Å². The number of carbonyl (C=O) groups is 1. The monoisotopic (exact) mass is 322 g/mol. The van der Waals surface area contributed by atoms with Gasteiger partial charge in [-0.15, -0.1) is 0 Å². The molecular weight excluding hydrogens is 311 g/mol. The standard InChI is InChI=1S/C16H12Cl2O3/c17-13-7-4-11(5-8-13)10-21-16-12(6-9-15(19)20)2-1-3-14(16)18/h1-9H,10H2,(H,19,20)/b9-6+. The van der Waals surface area contributed by atoms with Crippen LogP contribution in [-0.4, -0.2) is 11.1 Å². The van der Waals surface area contributed by atoms with E-state index < -0.39 is 5.97 Å². The van der Waals surface area contributed by atoms with Crippen LogP contribution in [0.1, 0.15) is 11.1 Å². The van der Waals surface area contributed by atoms with Gasteiger partial charge in [0.25, 0.3) is 0 Å². The van der Waals surface area contributed by atoms with Crippen molar-refractivity contribution in [3.63, 3.8) is 0 Å². The van der Waals surface area contributed by atoms with E-state index in [-0.39, 0.29) is 0 Å². The number of hydrogen-bond donors (Lipinski definition) is 1. The smallest absolute Gasteiger partial charge is 0.328 e. The summed E-state index contributed by atoms with van der Waals surface area (Å²) in [5, 5.41) is 9.78. The number of para-hydroxylation sites is 1. The molecule has 0 bridgehead atoms. The fraction of sp³-hybridized carbons (Fsp3) is 0.0625. The molecular formula is C16H12Cl2O3. The molecule has 2 rings (SSSR count). The summed E-state index contributed by atoms with van der Waals surface area (Å²) in [4.78, 5) is 10.6. The van der Waals surface area contributed by atoms with Crippen molar-refractivity contribution in [2.45, 2.75) is 6.61 Å². The first-order valence-corrected chi connectivity index (χ1v) is 6.88. The zero-order chi connectivity index (χ0) is 15.2. The van der Waals surface area contributed by atoms with Crippen LogP contribution in [0.25, 0.3) is 6.08 Å². The molecule has 0 aliphatic carbocycles. The Hall–Kier alpha value is -1.97. The van der Waals surface area contributed by atoms with Crippen molar-refractivity contribution in [2.24, 2.45) is 0 Å². The number of halogens is 2. The molecule has 0 aliphatic heterocycles. The first-order valence-electron chi connectivity index (χ1n) is 6.13. The van der Waals surface area contributed by atoms with Crippen molar-refractivity contribution in [2.75, 3.05) is 0 Å². The molecule has 2 aromatic carbocycles. The van der Waals surface area contributed by atoms with E-state index in [1.165, 1.54) is 6.08 Å². The van der Waals surface area contributed by atoms with Crippen LogP contribution in [0.2, 0.25) is 10.0 Å². The molecule has 0 amide bonds. The lowest BCUT2D eigenvalue weighted by Gasteiger charge is -2.11. The summed E-state index contributed by atoms with van der Waals surface area (Å²) in [5.41, 5.74) is 1.55. The number of hydrogen-bond acceptors (Lipinski definition) is 2. The average Bonchev–Trinajstić information content (AvgIpc) is 2.46. The van der Waals surface area contributed by atoms with Crippen LogP contribution in [0.4, 0.5) is 0 Å². The zero-order valence-corrected chi connectivity index (χ0v) is 12.4. The van der Waals surface area contributed by atoms with E-state index in [9.17, 15) is 4.79 Å². The summed E-state index contributed by atoms with van der Waals surface area (Å²) in [7, 11) is 0. The van der Waals surface area contributed by atoms with Crippen LogP contribution in [-0.2, 0) is 11.4 Å². The first-order chi connectivity index (χ1) is 10.1. The molecule has 108 valence electrons. The summed E-state index contributed by atoms with van der Waals surface area (Å²) < 4.78 is 5.71. The molecule has 3 nitrogen and oxygen atoms in total. The molecule has 1 N–H and O–H groups in total. The Bertz CT molecular complexity index is 664. The van der Waals surface area contributed by atoms with Gasteiger partial charge in [0.05, 0.1) is 5.02 Å². The van der Waals surface area contributed by atoms with Gasteiger partial charge in [-0.3, -0.25) is 0 Å². The van der Waals surface area contributed by atoms with Gasteiger partial charge in [0.15, 0.2) is 0 Å². The lowest BCUT2D eigenvalue weighted by Crippen LogP contribution is -1.98.